The van der Waals surface area contributed by atoms with Crippen molar-refractivity contribution in [2.45, 2.75) is 26.3 Å². The molecule has 0 spiro atoms. The van der Waals surface area contributed by atoms with Crippen molar-refractivity contribution in [2.75, 3.05) is 13.6 Å². The molecular weight excluding hydrogens is 320 g/mol. The lowest BCUT2D eigenvalue weighted by atomic mass is 9.93. The van der Waals surface area contributed by atoms with Gasteiger partial charge >= 0.3 is 5.97 Å². The van der Waals surface area contributed by atoms with Crippen LogP contribution in [-0.2, 0) is 4.84 Å². The van der Waals surface area contributed by atoms with Crippen LogP contribution in [0.25, 0.3) is 0 Å². The Morgan fingerprint density at radius 1 is 1.35 bits per heavy atom. The Hall–Kier alpha value is -1.20. The molecule has 0 saturated carbocycles. The van der Waals surface area contributed by atoms with Crippen molar-refractivity contribution in [1.82, 2.24) is 0 Å². The summed E-state index contributed by atoms with van der Waals surface area (Å²) in [7, 11) is 2.19. The van der Waals surface area contributed by atoms with Gasteiger partial charge in [-0.05, 0) is 31.2 Å². The van der Waals surface area contributed by atoms with Gasteiger partial charge in [0.1, 0.15) is 0 Å². The zero-order valence-electron chi connectivity index (χ0n) is 12.0. The van der Waals surface area contributed by atoms with E-state index in [2.05, 4.69) is 42.0 Å². The number of oxime groups is 1. The van der Waals surface area contributed by atoms with Gasteiger partial charge < -0.3 is 9.74 Å². The third kappa shape index (κ3) is 3.67. The number of likely N-dealkylation sites (tertiary alicyclic amines) is 1. The van der Waals surface area contributed by atoms with E-state index in [4.69, 9.17) is 4.84 Å². The molecular formula is C15H20BrN2O2+. The van der Waals surface area contributed by atoms with Crippen molar-refractivity contribution in [3.63, 3.8) is 0 Å². The number of nitrogens with zero attached hydrogens (tertiary/aromatic N) is 1. The molecule has 108 valence electrons. The van der Waals surface area contributed by atoms with E-state index < -0.39 is 5.97 Å². The fourth-order valence-electron chi connectivity index (χ4n) is 2.36. The number of piperidine rings is 1. The first-order valence-electron chi connectivity index (χ1n) is 6.83. The predicted molar refractivity (Wildman–Crippen MR) is 82.0 cm³/mol. The second-order valence-corrected chi connectivity index (χ2v) is 6.44. The minimum Gasteiger partial charge on any atom is -0.334 e. The number of carbonyl (C=O) groups excluding carboxylic acids is 1. The van der Waals surface area contributed by atoms with E-state index in [-0.39, 0.29) is 0 Å². The summed E-state index contributed by atoms with van der Waals surface area (Å²) in [6.45, 7) is 5.34. The first-order valence-corrected chi connectivity index (χ1v) is 7.62. The molecule has 0 aliphatic carbocycles. The number of rotatable bonds is 2. The van der Waals surface area contributed by atoms with E-state index in [1.54, 1.807) is 12.1 Å². The fraction of sp³-hybridized carbons (Fsp3) is 0.467. The number of nitrogens with one attached hydrogen (secondary N) is 1. The maximum Gasteiger partial charge on any atom is 0.365 e. The summed E-state index contributed by atoms with van der Waals surface area (Å²) in [5, 5.41) is 4.09. The van der Waals surface area contributed by atoms with Gasteiger partial charge in [0.15, 0.2) is 0 Å². The van der Waals surface area contributed by atoms with Gasteiger partial charge in [-0.1, -0.05) is 28.0 Å². The highest BCUT2D eigenvalue weighted by atomic mass is 79.9. The Labute approximate surface area is 127 Å². The maximum absolute atomic E-state index is 11.9. The molecule has 1 aliphatic heterocycles. The van der Waals surface area contributed by atoms with E-state index in [1.807, 2.05) is 12.1 Å². The summed E-state index contributed by atoms with van der Waals surface area (Å²) in [4.78, 5) is 18.5. The van der Waals surface area contributed by atoms with Crippen molar-refractivity contribution in [3.8, 4) is 0 Å². The van der Waals surface area contributed by atoms with Crippen molar-refractivity contribution >= 4 is 27.6 Å². The number of benzene rings is 1. The van der Waals surface area contributed by atoms with Gasteiger partial charge in [-0.25, -0.2) is 4.79 Å². The Morgan fingerprint density at radius 2 is 2.00 bits per heavy atom. The fourth-order valence-corrected chi connectivity index (χ4v) is 2.62. The highest BCUT2D eigenvalue weighted by Gasteiger charge is 2.29. The van der Waals surface area contributed by atoms with Gasteiger partial charge in [-0.15, -0.1) is 0 Å². The van der Waals surface area contributed by atoms with Crippen LogP contribution < -0.4 is 4.90 Å². The third-order valence-corrected chi connectivity index (χ3v) is 4.41. The van der Waals surface area contributed by atoms with E-state index in [0.29, 0.717) is 17.5 Å². The van der Waals surface area contributed by atoms with Crippen LogP contribution in [0.3, 0.4) is 0 Å². The number of hydrogen-bond donors (Lipinski definition) is 1. The Kier molecular flexibility index (Phi) is 4.94. The summed E-state index contributed by atoms with van der Waals surface area (Å²) >= 11 is 3.33. The molecule has 20 heavy (non-hydrogen) atoms. The average Bonchev–Trinajstić information content (AvgIpc) is 2.42. The second kappa shape index (κ2) is 6.50. The van der Waals surface area contributed by atoms with Crippen LogP contribution in [0.1, 0.15) is 30.6 Å². The summed E-state index contributed by atoms with van der Waals surface area (Å²) in [6.07, 6.45) is 0.876. The molecule has 5 heteroatoms. The number of carbonyl (C=O) groups is 1. The van der Waals surface area contributed by atoms with Crippen molar-refractivity contribution in [2.24, 2.45) is 11.1 Å². The van der Waals surface area contributed by atoms with Crippen LogP contribution in [0.15, 0.2) is 33.9 Å². The largest absolute Gasteiger partial charge is 0.365 e. The quantitative estimate of drug-likeness (QED) is 0.660. The number of hydrogen-bond acceptors (Lipinski definition) is 3. The molecule has 1 aromatic rings. The smallest absolute Gasteiger partial charge is 0.334 e. The van der Waals surface area contributed by atoms with E-state index in [1.165, 1.54) is 4.90 Å². The summed E-state index contributed by atoms with van der Waals surface area (Å²) in [5.74, 6) is -0.0555. The summed E-state index contributed by atoms with van der Waals surface area (Å²) < 4.78 is 0.932. The number of halogens is 1. The highest BCUT2D eigenvalue weighted by Crippen LogP contribution is 2.13. The van der Waals surface area contributed by atoms with Crippen LogP contribution in [-0.4, -0.2) is 31.3 Å². The standard InChI is InChI=1S/C15H19BrN2O2/c1-10-9-18(3)11(2)8-14(10)17-20-15(19)12-4-6-13(16)7-5-12/h4-7,10-11H,8-9H2,1-3H3/p+1/b17-14+/t10-,11+/m0/s1. The molecule has 2 rings (SSSR count). The minimum atomic E-state index is -0.406. The molecule has 4 nitrogen and oxygen atoms in total. The molecule has 1 unspecified atom stereocenters. The first-order chi connectivity index (χ1) is 9.47. The van der Waals surface area contributed by atoms with Gasteiger partial charge in [0, 0.05) is 16.8 Å². The molecule has 3 atom stereocenters. The van der Waals surface area contributed by atoms with Crippen LogP contribution in [0.2, 0.25) is 0 Å². The SMILES string of the molecule is C[C@@H]1C/C(=N\OC(=O)c2ccc(Br)cc2)[C@@H](C)C[NH+]1C. The zero-order valence-corrected chi connectivity index (χ0v) is 13.6. The van der Waals surface area contributed by atoms with Crippen LogP contribution in [0.5, 0.6) is 0 Å². The monoisotopic (exact) mass is 339 g/mol. The molecule has 0 aromatic heterocycles. The maximum atomic E-state index is 11.9. The van der Waals surface area contributed by atoms with Crippen LogP contribution in [0, 0.1) is 5.92 Å². The average molecular weight is 340 g/mol. The molecule has 1 N–H and O–H groups in total. The minimum absolute atomic E-state index is 0.351. The summed E-state index contributed by atoms with van der Waals surface area (Å²) in [5.41, 5.74) is 1.49. The molecule has 1 aliphatic rings. The zero-order chi connectivity index (χ0) is 14.7. The van der Waals surface area contributed by atoms with Crippen molar-refractivity contribution in [1.29, 1.82) is 0 Å². The molecule has 0 bridgehead atoms. The topological polar surface area (TPSA) is 43.1 Å². The van der Waals surface area contributed by atoms with Gasteiger partial charge in [0.25, 0.3) is 0 Å². The van der Waals surface area contributed by atoms with E-state index in [9.17, 15) is 4.79 Å². The predicted octanol–water partition coefficient (Wildman–Crippen LogP) is 1.90. The molecule has 0 radical (unpaired) electrons. The second-order valence-electron chi connectivity index (χ2n) is 5.52. The molecule has 1 fully saturated rings. The normalized spacial score (nSPS) is 28.4. The third-order valence-electron chi connectivity index (χ3n) is 3.88. The van der Waals surface area contributed by atoms with Crippen molar-refractivity contribution < 1.29 is 14.5 Å². The molecule has 1 aromatic carbocycles. The van der Waals surface area contributed by atoms with Crippen molar-refractivity contribution in [3.05, 3.63) is 34.3 Å². The number of quaternary nitrogens is 1. The summed E-state index contributed by atoms with van der Waals surface area (Å²) in [6, 6.07) is 7.58. The molecule has 1 heterocycles. The lowest BCUT2D eigenvalue weighted by Gasteiger charge is -2.31. The van der Waals surface area contributed by atoms with Gasteiger partial charge in [-0.2, -0.15) is 0 Å². The van der Waals surface area contributed by atoms with E-state index >= 15 is 0 Å². The van der Waals surface area contributed by atoms with Gasteiger partial charge in [-0.3, -0.25) is 0 Å². The molecule has 0 amide bonds. The van der Waals surface area contributed by atoms with Crippen LogP contribution >= 0.6 is 15.9 Å². The van der Waals surface area contributed by atoms with Gasteiger partial charge in [0.2, 0.25) is 0 Å². The van der Waals surface area contributed by atoms with Crippen LogP contribution in [0.4, 0.5) is 0 Å². The molecule has 1 saturated heterocycles. The highest BCUT2D eigenvalue weighted by molar-refractivity contribution is 9.10. The lowest BCUT2D eigenvalue weighted by Crippen LogP contribution is -3.14. The van der Waals surface area contributed by atoms with E-state index in [0.717, 1.165) is 23.1 Å². The Morgan fingerprint density at radius 3 is 2.65 bits per heavy atom. The first kappa shape index (κ1) is 15.2. The Balaban J connectivity index is 2.01. The Bertz CT molecular complexity index is 513. The lowest BCUT2D eigenvalue weighted by molar-refractivity contribution is -0.908. The van der Waals surface area contributed by atoms with Gasteiger partial charge in [0.05, 0.1) is 30.9 Å².